The molecule has 0 aliphatic rings. The van der Waals surface area contributed by atoms with Gasteiger partial charge in [-0.15, -0.1) is 0 Å². The summed E-state index contributed by atoms with van der Waals surface area (Å²) in [5, 5.41) is 0. The van der Waals surface area contributed by atoms with Gasteiger partial charge in [-0.2, -0.15) is 0 Å². The zero-order valence-corrected chi connectivity index (χ0v) is 8.77. The van der Waals surface area contributed by atoms with Crippen LogP contribution in [-0.4, -0.2) is 9.97 Å². The highest BCUT2D eigenvalue weighted by molar-refractivity contribution is 5.24. The zero-order valence-electron chi connectivity index (χ0n) is 8.77. The fourth-order valence-electron chi connectivity index (χ4n) is 1.33. The molecule has 2 rings (SSSR count). The van der Waals surface area contributed by atoms with Gasteiger partial charge in [-0.25, -0.2) is 9.97 Å². The molecule has 0 saturated heterocycles. The molecule has 0 aliphatic carbocycles. The van der Waals surface area contributed by atoms with Crippen LogP contribution >= 0.6 is 0 Å². The molecule has 0 unspecified atom stereocenters. The third kappa shape index (κ3) is 2.53. The summed E-state index contributed by atoms with van der Waals surface area (Å²) in [6, 6.07) is 11.8. The van der Waals surface area contributed by atoms with E-state index >= 15 is 0 Å². The number of hydrogen-bond acceptors (Lipinski definition) is 3. The molecule has 76 valence electrons. The lowest BCUT2D eigenvalue weighted by Gasteiger charge is -2.04. The highest BCUT2D eigenvalue weighted by Gasteiger charge is 2.01. The average molecular weight is 200 g/mol. The maximum absolute atomic E-state index is 5.52. The van der Waals surface area contributed by atoms with Crippen LogP contribution in [0.1, 0.15) is 11.4 Å². The van der Waals surface area contributed by atoms with Crippen molar-refractivity contribution in [3.05, 3.63) is 47.8 Å². The number of para-hydroxylation sites is 1. The van der Waals surface area contributed by atoms with E-state index in [1.807, 2.05) is 50.2 Å². The zero-order chi connectivity index (χ0) is 10.7. The van der Waals surface area contributed by atoms with Crippen LogP contribution in [0, 0.1) is 13.8 Å². The Bertz CT molecular complexity index is 434. The molecule has 0 spiro atoms. The first-order valence-electron chi connectivity index (χ1n) is 4.79. The van der Waals surface area contributed by atoms with E-state index in [9.17, 15) is 0 Å². The summed E-state index contributed by atoms with van der Waals surface area (Å²) in [6.45, 7) is 3.85. The van der Waals surface area contributed by atoms with E-state index in [1.54, 1.807) is 0 Å². The van der Waals surface area contributed by atoms with Crippen LogP contribution in [0.5, 0.6) is 11.8 Å². The second-order valence-corrected chi connectivity index (χ2v) is 3.35. The van der Waals surface area contributed by atoms with Crippen LogP contribution in [0.3, 0.4) is 0 Å². The van der Waals surface area contributed by atoms with Gasteiger partial charge in [-0.05, 0) is 32.0 Å². The van der Waals surface area contributed by atoms with Crippen LogP contribution in [0.4, 0.5) is 0 Å². The smallest absolute Gasteiger partial charge is 0.322 e. The molecule has 3 nitrogen and oxygen atoms in total. The largest absolute Gasteiger partial charge is 0.424 e. The molecule has 0 aliphatic heterocycles. The molecule has 2 aromatic rings. The molecule has 0 bridgehead atoms. The van der Waals surface area contributed by atoms with Gasteiger partial charge in [-0.3, -0.25) is 0 Å². The molecule has 15 heavy (non-hydrogen) atoms. The Labute approximate surface area is 88.8 Å². The maximum atomic E-state index is 5.52. The lowest BCUT2D eigenvalue weighted by Crippen LogP contribution is -1.95. The fourth-order valence-corrected chi connectivity index (χ4v) is 1.33. The molecule has 0 radical (unpaired) electrons. The van der Waals surface area contributed by atoms with Crippen LogP contribution in [0.2, 0.25) is 0 Å². The number of aryl methyl sites for hydroxylation is 2. The second kappa shape index (κ2) is 4.09. The van der Waals surface area contributed by atoms with E-state index in [1.165, 1.54) is 0 Å². The van der Waals surface area contributed by atoms with Crippen molar-refractivity contribution in [2.45, 2.75) is 13.8 Å². The highest BCUT2D eigenvalue weighted by atomic mass is 16.5. The summed E-state index contributed by atoms with van der Waals surface area (Å²) in [5.74, 6) is 0.752. The van der Waals surface area contributed by atoms with Crippen molar-refractivity contribution in [2.75, 3.05) is 0 Å². The van der Waals surface area contributed by atoms with Gasteiger partial charge >= 0.3 is 6.01 Å². The molecular formula is C12H12N2O. The summed E-state index contributed by atoms with van der Waals surface area (Å²) >= 11 is 0. The van der Waals surface area contributed by atoms with E-state index in [4.69, 9.17) is 4.74 Å². The van der Waals surface area contributed by atoms with Crippen molar-refractivity contribution in [3.8, 4) is 11.8 Å². The number of rotatable bonds is 2. The molecule has 0 N–H and O–H groups in total. The lowest BCUT2D eigenvalue weighted by molar-refractivity contribution is 0.439. The van der Waals surface area contributed by atoms with Gasteiger partial charge in [-0.1, -0.05) is 18.2 Å². The first-order chi connectivity index (χ1) is 7.24. The summed E-state index contributed by atoms with van der Waals surface area (Å²) in [6.07, 6.45) is 0. The second-order valence-electron chi connectivity index (χ2n) is 3.35. The maximum Gasteiger partial charge on any atom is 0.322 e. The van der Waals surface area contributed by atoms with Crippen LogP contribution in [-0.2, 0) is 0 Å². The standard InChI is InChI=1S/C12H12N2O/c1-9-8-10(2)14-12(13-9)15-11-6-4-3-5-7-11/h3-8H,1-2H3. The predicted octanol–water partition coefficient (Wildman–Crippen LogP) is 2.89. The lowest BCUT2D eigenvalue weighted by atomic mass is 10.3. The molecule has 1 aromatic carbocycles. The van der Waals surface area contributed by atoms with Crippen molar-refractivity contribution in [2.24, 2.45) is 0 Å². The van der Waals surface area contributed by atoms with Crippen LogP contribution in [0.15, 0.2) is 36.4 Å². The van der Waals surface area contributed by atoms with E-state index in [2.05, 4.69) is 9.97 Å². The third-order valence-electron chi connectivity index (χ3n) is 1.91. The molecule has 0 amide bonds. The first kappa shape index (κ1) is 9.65. The van der Waals surface area contributed by atoms with Gasteiger partial charge in [0.15, 0.2) is 0 Å². The molecule has 0 saturated carbocycles. The van der Waals surface area contributed by atoms with Gasteiger partial charge < -0.3 is 4.74 Å². The minimum Gasteiger partial charge on any atom is -0.424 e. The van der Waals surface area contributed by atoms with Gasteiger partial charge in [0, 0.05) is 11.4 Å². The van der Waals surface area contributed by atoms with Crippen molar-refractivity contribution in [3.63, 3.8) is 0 Å². The summed E-state index contributed by atoms with van der Waals surface area (Å²) in [7, 11) is 0. The summed E-state index contributed by atoms with van der Waals surface area (Å²) < 4.78 is 5.52. The van der Waals surface area contributed by atoms with Crippen LogP contribution in [0.25, 0.3) is 0 Å². The quantitative estimate of drug-likeness (QED) is 0.747. The Kier molecular flexibility index (Phi) is 2.63. The van der Waals surface area contributed by atoms with E-state index < -0.39 is 0 Å². The number of ether oxygens (including phenoxy) is 1. The SMILES string of the molecule is Cc1cc(C)nc(Oc2ccccc2)n1. The highest BCUT2D eigenvalue weighted by Crippen LogP contribution is 2.17. The van der Waals surface area contributed by atoms with E-state index in [0.29, 0.717) is 6.01 Å². The number of benzene rings is 1. The van der Waals surface area contributed by atoms with Gasteiger partial charge in [0.2, 0.25) is 0 Å². The number of hydrogen-bond donors (Lipinski definition) is 0. The third-order valence-corrected chi connectivity index (χ3v) is 1.91. The Morgan fingerprint density at radius 3 is 2.13 bits per heavy atom. The fraction of sp³-hybridized carbons (Fsp3) is 0.167. The summed E-state index contributed by atoms with van der Waals surface area (Å²) in [5.41, 5.74) is 1.82. The van der Waals surface area contributed by atoms with E-state index in [-0.39, 0.29) is 0 Å². The molecule has 0 fully saturated rings. The van der Waals surface area contributed by atoms with Gasteiger partial charge in [0.1, 0.15) is 5.75 Å². The molecule has 1 heterocycles. The molecule has 0 atom stereocenters. The predicted molar refractivity (Wildman–Crippen MR) is 58.0 cm³/mol. The van der Waals surface area contributed by atoms with Gasteiger partial charge in [0.05, 0.1) is 0 Å². The van der Waals surface area contributed by atoms with E-state index in [0.717, 1.165) is 17.1 Å². The summed E-state index contributed by atoms with van der Waals surface area (Å²) in [4.78, 5) is 8.39. The van der Waals surface area contributed by atoms with Crippen molar-refractivity contribution >= 4 is 0 Å². The van der Waals surface area contributed by atoms with Crippen LogP contribution < -0.4 is 4.74 Å². The normalized spacial score (nSPS) is 10.0. The number of aromatic nitrogens is 2. The monoisotopic (exact) mass is 200 g/mol. The minimum atomic E-state index is 0.402. The molecule has 3 heteroatoms. The molecular weight excluding hydrogens is 188 g/mol. The Morgan fingerprint density at radius 1 is 0.933 bits per heavy atom. The van der Waals surface area contributed by atoms with Crippen molar-refractivity contribution in [1.29, 1.82) is 0 Å². The van der Waals surface area contributed by atoms with Crippen molar-refractivity contribution in [1.82, 2.24) is 9.97 Å². The number of nitrogens with zero attached hydrogens (tertiary/aromatic N) is 2. The molecule has 1 aromatic heterocycles. The topological polar surface area (TPSA) is 35.0 Å². The Morgan fingerprint density at radius 2 is 1.53 bits per heavy atom. The first-order valence-corrected chi connectivity index (χ1v) is 4.79. The van der Waals surface area contributed by atoms with Gasteiger partial charge in [0.25, 0.3) is 0 Å². The Balaban J connectivity index is 2.25. The minimum absolute atomic E-state index is 0.402. The van der Waals surface area contributed by atoms with Crippen molar-refractivity contribution < 1.29 is 4.74 Å². The Hall–Kier alpha value is -1.90. The average Bonchev–Trinajstić information content (AvgIpc) is 2.17.